The van der Waals surface area contributed by atoms with Gasteiger partial charge in [-0.3, -0.25) is 9.69 Å². The Morgan fingerprint density at radius 3 is 2.29 bits per heavy atom. The highest BCUT2D eigenvalue weighted by molar-refractivity contribution is 5.98. The Morgan fingerprint density at radius 1 is 0.857 bits per heavy atom. The monoisotopic (exact) mass is 378 g/mol. The normalized spacial score (nSPS) is 21.5. The molecular weight excluding hydrogens is 348 g/mol. The Bertz CT molecular complexity index is 754. The Kier molecular flexibility index (Phi) is 6.53. The predicted molar refractivity (Wildman–Crippen MR) is 113 cm³/mol. The summed E-state index contributed by atoms with van der Waals surface area (Å²) in [4.78, 5) is 18.0. The summed E-state index contributed by atoms with van der Waals surface area (Å²) in [5.41, 5.74) is 3.20. The van der Waals surface area contributed by atoms with Gasteiger partial charge >= 0.3 is 0 Å². The Hall–Kier alpha value is -2.01. The number of likely N-dealkylation sites (tertiary alicyclic amines) is 1. The van der Waals surface area contributed by atoms with Crippen LogP contribution in [0, 0.1) is 5.92 Å². The molecule has 2 heterocycles. The average molecular weight is 379 g/mol. The van der Waals surface area contributed by atoms with Gasteiger partial charge in [0.15, 0.2) is 5.78 Å². The fraction of sp³-hybridized carbons (Fsp3) is 0.458. The molecule has 4 heteroatoms. The molecule has 0 bridgehead atoms. The molecule has 2 aromatic rings. The van der Waals surface area contributed by atoms with Gasteiger partial charge in [0.1, 0.15) is 0 Å². The predicted octanol–water partition coefficient (Wildman–Crippen LogP) is 3.58. The maximum atomic E-state index is 13.0. The van der Waals surface area contributed by atoms with E-state index in [9.17, 15) is 4.79 Å². The van der Waals surface area contributed by atoms with Crippen LogP contribution in [0.3, 0.4) is 0 Å². The number of Topliss-reactive ketones (excluding diaryl/α,β-unsaturated/α-hetero) is 1. The van der Waals surface area contributed by atoms with Gasteiger partial charge in [-0.25, -0.2) is 0 Å². The van der Waals surface area contributed by atoms with E-state index in [-0.39, 0.29) is 5.92 Å². The van der Waals surface area contributed by atoms with Crippen molar-refractivity contribution in [2.24, 2.45) is 5.92 Å². The second-order valence-corrected chi connectivity index (χ2v) is 7.90. The van der Waals surface area contributed by atoms with Crippen LogP contribution in [0.15, 0.2) is 54.6 Å². The minimum atomic E-state index is 0.126. The quantitative estimate of drug-likeness (QED) is 0.720. The molecule has 0 radical (unpaired) electrons. The zero-order chi connectivity index (χ0) is 19.2. The topological polar surface area (TPSA) is 32.8 Å². The SMILES string of the molecule is O=C(c1ccc(-c2ccccc2)cc1)[C@@H]1CCCN(CCN2CCOCC2)C1. The first-order valence-corrected chi connectivity index (χ1v) is 10.5. The number of nitrogens with zero attached hydrogens (tertiary/aromatic N) is 2. The first-order chi connectivity index (χ1) is 13.8. The molecule has 0 unspecified atom stereocenters. The van der Waals surface area contributed by atoms with E-state index in [1.54, 1.807) is 0 Å². The van der Waals surface area contributed by atoms with Crippen LogP contribution < -0.4 is 0 Å². The third-order valence-electron chi connectivity index (χ3n) is 5.99. The molecule has 2 aliphatic heterocycles. The van der Waals surface area contributed by atoms with Crippen LogP contribution in [-0.4, -0.2) is 68.1 Å². The molecule has 2 aromatic carbocycles. The number of carbonyl (C=O) groups excluding carboxylic acids is 1. The number of ether oxygens (including phenoxy) is 1. The van der Waals surface area contributed by atoms with Crippen molar-refractivity contribution >= 4 is 5.78 Å². The summed E-state index contributed by atoms with van der Waals surface area (Å²) in [6, 6.07) is 18.5. The van der Waals surface area contributed by atoms with E-state index in [1.165, 1.54) is 5.56 Å². The molecule has 0 aliphatic carbocycles. The van der Waals surface area contributed by atoms with Gasteiger partial charge in [0.2, 0.25) is 0 Å². The molecule has 0 spiro atoms. The summed E-state index contributed by atoms with van der Waals surface area (Å²) in [6.07, 6.45) is 2.12. The van der Waals surface area contributed by atoms with Crippen molar-refractivity contribution in [1.29, 1.82) is 0 Å². The molecule has 0 amide bonds. The van der Waals surface area contributed by atoms with Gasteiger partial charge in [-0.2, -0.15) is 0 Å². The summed E-state index contributed by atoms with van der Waals surface area (Å²) in [7, 11) is 0. The fourth-order valence-corrected chi connectivity index (χ4v) is 4.27. The minimum absolute atomic E-state index is 0.126. The number of benzene rings is 2. The molecule has 2 saturated heterocycles. The molecule has 2 fully saturated rings. The first kappa shape index (κ1) is 19.3. The molecule has 148 valence electrons. The third kappa shape index (κ3) is 4.88. The first-order valence-electron chi connectivity index (χ1n) is 10.5. The fourth-order valence-electron chi connectivity index (χ4n) is 4.27. The molecule has 4 rings (SSSR count). The lowest BCUT2D eigenvalue weighted by molar-refractivity contribution is 0.0308. The highest BCUT2D eigenvalue weighted by atomic mass is 16.5. The van der Waals surface area contributed by atoms with E-state index in [2.05, 4.69) is 34.1 Å². The van der Waals surface area contributed by atoms with Gasteiger partial charge < -0.3 is 9.64 Å². The van der Waals surface area contributed by atoms with Gasteiger partial charge in [-0.1, -0.05) is 54.6 Å². The lowest BCUT2D eigenvalue weighted by Crippen LogP contribution is -2.45. The molecule has 1 atom stereocenters. The standard InChI is InChI=1S/C24H30N2O2/c27-24(22-10-8-21(9-11-22)20-5-2-1-3-6-20)23-7-4-12-26(19-23)14-13-25-15-17-28-18-16-25/h1-3,5-6,8-11,23H,4,7,12-19H2/t23-/m1/s1. The van der Waals surface area contributed by atoms with Crippen LogP contribution in [-0.2, 0) is 4.74 Å². The third-order valence-corrected chi connectivity index (χ3v) is 5.99. The number of carbonyl (C=O) groups is 1. The van der Waals surface area contributed by atoms with Crippen LogP contribution in [0.2, 0.25) is 0 Å². The van der Waals surface area contributed by atoms with E-state index < -0.39 is 0 Å². The Balaban J connectivity index is 1.33. The Morgan fingerprint density at radius 2 is 1.54 bits per heavy atom. The number of hydrogen-bond acceptors (Lipinski definition) is 4. The Labute approximate surface area is 168 Å². The minimum Gasteiger partial charge on any atom is -0.379 e. The zero-order valence-electron chi connectivity index (χ0n) is 16.6. The van der Waals surface area contributed by atoms with E-state index in [1.807, 2.05) is 30.3 Å². The van der Waals surface area contributed by atoms with Crippen molar-refractivity contribution in [3.63, 3.8) is 0 Å². The smallest absolute Gasteiger partial charge is 0.167 e. The summed E-state index contributed by atoms with van der Waals surface area (Å²) >= 11 is 0. The highest BCUT2D eigenvalue weighted by Crippen LogP contribution is 2.24. The van der Waals surface area contributed by atoms with Crippen LogP contribution in [0.1, 0.15) is 23.2 Å². The number of rotatable bonds is 6. The van der Waals surface area contributed by atoms with Crippen molar-refractivity contribution in [1.82, 2.24) is 9.80 Å². The van der Waals surface area contributed by atoms with E-state index in [0.717, 1.165) is 76.5 Å². The van der Waals surface area contributed by atoms with E-state index in [4.69, 9.17) is 4.74 Å². The molecule has 0 N–H and O–H groups in total. The van der Waals surface area contributed by atoms with E-state index >= 15 is 0 Å². The van der Waals surface area contributed by atoms with Crippen LogP contribution in [0.4, 0.5) is 0 Å². The molecule has 28 heavy (non-hydrogen) atoms. The molecule has 0 aromatic heterocycles. The largest absolute Gasteiger partial charge is 0.379 e. The second-order valence-electron chi connectivity index (χ2n) is 7.90. The van der Waals surface area contributed by atoms with Gasteiger partial charge in [0.25, 0.3) is 0 Å². The summed E-state index contributed by atoms with van der Waals surface area (Å²) in [6.45, 7) is 7.89. The molecule has 4 nitrogen and oxygen atoms in total. The maximum Gasteiger partial charge on any atom is 0.167 e. The van der Waals surface area contributed by atoms with Crippen LogP contribution >= 0.6 is 0 Å². The number of hydrogen-bond donors (Lipinski definition) is 0. The molecule has 0 saturated carbocycles. The van der Waals surface area contributed by atoms with Crippen LogP contribution in [0.5, 0.6) is 0 Å². The number of ketones is 1. The average Bonchev–Trinajstić information content (AvgIpc) is 2.79. The lowest BCUT2D eigenvalue weighted by Gasteiger charge is -2.34. The summed E-state index contributed by atoms with van der Waals surface area (Å²) < 4.78 is 5.43. The highest BCUT2D eigenvalue weighted by Gasteiger charge is 2.26. The molecule has 2 aliphatic rings. The van der Waals surface area contributed by atoms with Gasteiger partial charge in [0, 0.05) is 44.2 Å². The summed E-state index contributed by atoms with van der Waals surface area (Å²) in [5.74, 6) is 0.427. The zero-order valence-corrected chi connectivity index (χ0v) is 16.6. The van der Waals surface area contributed by atoms with Crippen LogP contribution in [0.25, 0.3) is 11.1 Å². The van der Waals surface area contributed by atoms with Crippen molar-refractivity contribution in [2.45, 2.75) is 12.8 Å². The number of morpholine rings is 1. The van der Waals surface area contributed by atoms with Crippen molar-refractivity contribution < 1.29 is 9.53 Å². The van der Waals surface area contributed by atoms with Crippen molar-refractivity contribution in [3.05, 3.63) is 60.2 Å². The van der Waals surface area contributed by atoms with Gasteiger partial charge in [-0.05, 0) is 30.5 Å². The van der Waals surface area contributed by atoms with Gasteiger partial charge in [0.05, 0.1) is 13.2 Å². The van der Waals surface area contributed by atoms with Gasteiger partial charge in [-0.15, -0.1) is 0 Å². The number of piperidine rings is 1. The van der Waals surface area contributed by atoms with E-state index in [0.29, 0.717) is 5.78 Å². The van der Waals surface area contributed by atoms with Crippen molar-refractivity contribution in [3.8, 4) is 11.1 Å². The lowest BCUT2D eigenvalue weighted by atomic mass is 9.89. The second kappa shape index (κ2) is 9.46. The molecular formula is C24H30N2O2. The maximum absolute atomic E-state index is 13.0. The summed E-state index contributed by atoms with van der Waals surface area (Å²) in [5, 5.41) is 0. The van der Waals surface area contributed by atoms with Crippen molar-refractivity contribution in [2.75, 3.05) is 52.5 Å².